The van der Waals surface area contributed by atoms with Gasteiger partial charge in [-0.05, 0) is 109 Å². The second-order valence-electron chi connectivity index (χ2n) is 11.8. The molecular weight excluding hydrogens is 548 g/mol. The number of benzene rings is 2. The maximum Gasteiger partial charge on any atom is 0.314 e. The van der Waals surface area contributed by atoms with Crippen LogP contribution in [0.2, 0.25) is 0 Å². The summed E-state index contributed by atoms with van der Waals surface area (Å²) >= 11 is 0. The van der Waals surface area contributed by atoms with Gasteiger partial charge in [0.15, 0.2) is 5.78 Å². The number of rotatable bonds is 15. The van der Waals surface area contributed by atoms with Gasteiger partial charge in [-0.2, -0.15) is 0 Å². The molecule has 0 aliphatic carbocycles. The Morgan fingerprint density at radius 1 is 0.767 bits per heavy atom. The molecule has 8 heteroatoms. The van der Waals surface area contributed by atoms with Gasteiger partial charge in [-0.15, -0.1) is 13.2 Å². The molecule has 0 spiro atoms. The summed E-state index contributed by atoms with van der Waals surface area (Å²) in [7, 11) is 0. The minimum atomic E-state index is -0.663. The third-order valence-corrected chi connectivity index (χ3v) is 6.02. The zero-order chi connectivity index (χ0) is 32.2. The van der Waals surface area contributed by atoms with Crippen molar-refractivity contribution in [3.63, 3.8) is 0 Å². The van der Waals surface area contributed by atoms with E-state index < -0.39 is 10.8 Å². The number of ketones is 1. The van der Waals surface area contributed by atoms with Crippen LogP contribution in [0, 0.1) is 10.8 Å². The van der Waals surface area contributed by atoms with Crippen LogP contribution in [0.25, 0.3) is 6.08 Å². The topological polar surface area (TPSA) is 97.4 Å². The molecule has 0 aromatic heterocycles. The third kappa shape index (κ3) is 10.5. The van der Waals surface area contributed by atoms with Gasteiger partial charge in [0.25, 0.3) is 0 Å². The van der Waals surface area contributed by atoms with Crippen LogP contribution in [0.4, 0.5) is 0 Å². The lowest BCUT2D eigenvalue weighted by Crippen LogP contribution is -2.25. The Labute approximate surface area is 255 Å². The fraction of sp³-hybridized carbons (Fsp3) is 0.400. The zero-order valence-corrected chi connectivity index (χ0v) is 26.4. The highest BCUT2D eigenvalue weighted by Gasteiger charge is 2.25. The summed E-state index contributed by atoms with van der Waals surface area (Å²) in [5, 5.41) is 0. The molecule has 0 unspecified atom stereocenters. The number of carbonyl (C=O) groups is 3. The maximum absolute atomic E-state index is 13.0. The van der Waals surface area contributed by atoms with Crippen LogP contribution in [0.3, 0.4) is 0 Å². The van der Waals surface area contributed by atoms with Crippen molar-refractivity contribution in [1.29, 1.82) is 0 Å². The van der Waals surface area contributed by atoms with E-state index in [0.29, 0.717) is 47.8 Å². The van der Waals surface area contributed by atoms with Crippen LogP contribution < -0.4 is 14.2 Å². The van der Waals surface area contributed by atoms with Gasteiger partial charge < -0.3 is 23.7 Å². The van der Waals surface area contributed by atoms with Gasteiger partial charge in [0.1, 0.15) is 17.2 Å². The van der Waals surface area contributed by atoms with Crippen molar-refractivity contribution in [2.45, 2.75) is 61.3 Å². The summed E-state index contributed by atoms with van der Waals surface area (Å²) < 4.78 is 28.0. The molecule has 232 valence electrons. The van der Waals surface area contributed by atoms with Crippen LogP contribution in [0.1, 0.15) is 75.5 Å². The SMILES string of the molecule is C=CCc1cc(/C=C/C(=O)c2ccc(OCOC(=O)C(C)(C)C)cc2)c(OCC)c(CC=C)c1OCOC(=O)C(C)(C)C. The van der Waals surface area contributed by atoms with E-state index in [1.807, 2.05) is 13.0 Å². The number of allylic oxidation sites excluding steroid dienone is 3. The molecule has 0 heterocycles. The molecule has 0 saturated carbocycles. The van der Waals surface area contributed by atoms with Gasteiger partial charge in [0.2, 0.25) is 13.6 Å². The summed E-state index contributed by atoms with van der Waals surface area (Å²) in [5.41, 5.74) is 1.37. The molecule has 0 radical (unpaired) electrons. The lowest BCUT2D eigenvalue weighted by atomic mass is 9.97. The average molecular weight is 593 g/mol. The fourth-order valence-electron chi connectivity index (χ4n) is 3.75. The van der Waals surface area contributed by atoms with E-state index in [-0.39, 0.29) is 31.3 Å². The highest BCUT2D eigenvalue weighted by atomic mass is 16.7. The van der Waals surface area contributed by atoms with Gasteiger partial charge in [-0.25, -0.2) is 0 Å². The van der Waals surface area contributed by atoms with Gasteiger partial charge in [-0.1, -0.05) is 12.2 Å². The first-order valence-corrected chi connectivity index (χ1v) is 14.2. The number of hydrogen-bond acceptors (Lipinski definition) is 8. The first kappa shape index (κ1) is 34.9. The number of ether oxygens (including phenoxy) is 5. The van der Waals surface area contributed by atoms with Crippen LogP contribution in [-0.4, -0.2) is 37.9 Å². The standard InChI is InChI=1S/C35H44O8/c1-10-13-25-21-26(30(39-12-3)28(14-11-2)31(25)41-23-43-33(38)35(7,8)9)17-20-29(36)24-15-18-27(19-16-24)40-22-42-32(37)34(4,5)6/h10-11,15-21H,1-2,12-14,22-23H2,3-9H3/b20-17+. The highest BCUT2D eigenvalue weighted by Crippen LogP contribution is 2.38. The van der Waals surface area contributed by atoms with E-state index >= 15 is 0 Å². The smallest absolute Gasteiger partial charge is 0.314 e. The molecule has 0 saturated heterocycles. The Morgan fingerprint density at radius 3 is 1.84 bits per heavy atom. The van der Waals surface area contributed by atoms with Gasteiger partial charge in [0, 0.05) is 16.7 Å². The molecule has 0 N–H and O–H groups in total. The lowest BCUT2D eigenvalue weighted by Gasteiger charge is -2.22. The number of hydrogen-bond donors (Lipinski definition) is 0. The molecule has 8 nitrogen and oxygen atoms in total. The first-order chi connectivity index (χ1) is 20.2. The second-order valence-corrected chi connectivity index (χ2v) is 11.8. The zero-order valence-electron chi connectivity index (χ0n) is 26.4. The third-order valence-electron chi connectivity index (χ3n) is 6.02. The van der Waals surface area contributed by atoms with Crippen molar-refractivity contribution >= 4 is 23.8 Å². The summed E-state index contributed by atoms with van der Waals surface area (Å²) in [4.78, 5) is 37.2. The fourth-order valence-corrected chi connectivity index (χ4v) is 3.75. The largest absolute Gasteiger partial charge is 0.493 e. The number of esters is 2. The van der Waals surface area contributed by atoms with Crippen LogP contribution in [0.15, 0.2) is 61.7 Å². The van der Waals surface area contributed by atoms with E-state index in [4.69, 9.17) is 23.7 Å². The minimum Gasteiger partial charge on any atom is -0.493 e. The molecule has 0 bridgehead atoms. The quantitative estimate of drug-likeness (QED) is 0.0699. The predicted octanol–water partition coefficient (Wildman–Crippen LogP) is 7.29. The van der Waals surface area contributed by atoms with Crippen molar-refractivity contribution in [2.75, 3.05) is 20.2 Å². The van der Waals surface area contributed by atoms with Gasteiger partial charge >= 0.3 is 11.9 Å². The van der Waals surface area contributed by atoms with Crippen LogP contribution in [-0.2, 0) is 31.9 Å². The normalized spacial score (nSPS) is 11.5. The Balaban J connectivity index is 2.31. The van der Waals surface area contributed by atoms with E-state index in [1.165, 1.54) is 6.08 Å². The summed E-state index contributed by atoms with van der Waals surface area (Å²) in [6, 6.07) is 8.43. The Hall–Kier alpha value is -4.33. The monoisotopic (exact) mass is 592 g/mol. The molecule has 43 heavy (non-hydrogen) atoms. The molecular formula is C35H44O8. The summed E-state index contributed by atoms with van der Waals surface area (Å²) in [6.45, 7) is 20.1. The van der Waals surface area contributed by atoms with E-state index in [9.17, 15) is 14.4 Å². The second kappa shape index (κ2) is 15.8. The van der Waals surface area contributed by atoms with E-state index in [1.54, 1.807) is 84.0 Å². The molecule has 0 aliphatic rings. The minimum absolute atomic E-state index is 0.220. The van der Waals surface area contributed by atoms with Crippen molar-refractivity contribution in [2.24, 2.45) is 10.8 Å². The summed E-state index contributed by atoms with van der Waals surface area (Å²) in [5.74, 6) is 0.565. The lowest BCUT2D eigenvalue weighted by molar-refractivity contribution is -0.160. The molecule has 0 fully saturated rings. The molecule has 2 aromatic carbocycles. The van der Waals surface area contributed by atoms with Crippen molar-refractivity contribution < 1.29 is 38.1 Å². The first-order valence-electron chi connectivity index (χ1n) is 14.2. The molecule has 0 amide bonds. The highest BCUT2D eigenvalue weighted by molar-refractivity contribution is 6.07. The maximum atomic E-state index is 13.0. The van der Waals surface area contributed by atoms with Gasteiger partial charge in [0.05, 0.1) is 17.4 Å². The summed E-state index contributed by atoms with van der Waals surface area (Å²) in [6.07, 6.45) is 7.54. The molecule has 0 atom stereocenters. The van der Waals surface area contributed by atoms with Gasteiger partial charge in [-0.3, -0.25) is 14.4 Å². The Bertz CT molecular complexity index is 1320. The van der Waals surface area contributed by atoms with Crippen LogP contribution >= 0.6 is 0 Å². The predicted molar refractivity (Wildman–Crippen MR) is 167 cm³/mol. The molecule has 0 aliphatic heterocycles. The Kier molecular flexibility index (Phi) is 12.8. The van der Waals surface area contributed by atoms with E-state index in [0.717, 1.165) is 11.1 Å². The Morgan fingerprint density at radius 2 is 1.33 bits per heavy atom. The number of carbonyl (C=O) groups excluding carboxylic acids is 3. The van der Waals surface area contributed by atoms with Crippen molar-refractivity contribution in [3.05, 3.63) is 84.0 Å². The molecule has 2 rings (SSSR count). The van der Waals surface area contributed by atoms with Crippen molar-refractivity contribution in [1.82, 2.24) is 0 Å². The average Bonchev–Trinajstić information content (AvgIpc) is 2.94. The van der Waals surface area contributed by atoms with Crippen molar-refractivity contribution in [3.8, 4) is 17.2 Å². The molecule has 2 aromatic rings. The van der Waals surface area contributed by atoms with Crippen LogP contribution in [0.5, 0.6) is 17.2 Å². The van der Waals surface area contributed by atoms with E-state index in [2.05, 4.69) is 13.2 Å².